The molecule has 0 atom stereocenters. The lowest BCUT2D eigenvalue weighted by atomic mass is 10.0. The van der Waals surface area contributed by atoms with Crippen LogP contribution in [0.3, 0.4) is 0 Å². The van der Waals surface area contributed by atoms with Crippen molar-refractivity contribution in [3.8, 4) is 0 Å². The lowest BCUT2D eigenvalue weighted by Gasteiger charge is -2.20. The first-order valence-corrected chi connectivity index (χ1v) is 7.37. The third-order valence-electron chi connectivity index (χ3n) is 3.86. The van der Waals surface area contributed by atoms with Crippen LogP contribution in [0.25, 0.3) is 0 Å². The topological polar surface area (TPSA) is 96.2 Å². The summed E-state index contributed by atoms with van der Waals surface area (Å²) in [6.45, 7) is 1.17. The van der Waals surface area contributed by atoms with Gasteiger partial charge in [0.05, 0.1) is 11.4 Å². The molecule has 5 N–H and O–H groups in total. The van der Waals surface area contributed by atoms with Gasteiger partial charge < -0.3 is 21.7 Å². The van der Waals surface area contributed by atoms with Crippen LogP contribution in [-0.4, -0.2) is 24.9 Å². The summed E-state index contributed by atoms with van der Waals surface area (Å²) in [7, 11) is 0. The van der Waals surface area contributed by atoms with Crippen LogP contribution in [0.2, 0.25) is 0 Å². The first-order valence-electron chi connectivity index (χ1n) is 7.37. The van der Waals surface area contributed by atoms with E-state index in [1.807, 2.05) is 12.1 Å². The van der Waals surface area contributed by atoms with Crippen LogP contribution in [0.5, 0.6) is 0 Å². The molecule has 6 heteroatoms. The average molecular weight is 288 g/mol. The number of hydrogen-bond donors (Lipinski definition) is 4. The second-order valence-corrected chi connectivity index (χ2v) is 5.64. The molecule has 21 heavy (non-hydrogen) atoms. The average Bonchev–Trinajstić information content (AvgIpc) is 3.28. The summed E-state index contributed by atoms with van der Waals surface area (Å²) >= 11 is 0. The quantitative estimate of drug-likeness (QED) is 0.482. The van der Waals surface area contributed by atoms with Crippen LogP contribution in [0.15, 0.2) is 12.1 Å². The Morgan fingerprint density at radius 1 is 1.29 bits per heavy atom. The third kappa shape index (κ3) is 3.26. The molecule has 1 aliphatic heterocycles. The zero-order chi connectivity index (χ0) is 14.8. The molecule has 0 aromatic heterocycles. The summed E-state index contributed by atoms with van der Waals surface area (Å²) in [4.78, 5) is 22.9. The summed E-state index contributed by atoms with van der Waals surface area (Å²) < 4.78 is 0. The highest BCUT2D eigenvalue weighted by Gasteiger charge is 2.28. The zero-order valence-electron chi connectivity index (χ0n) is 11.9. The predicted molar refractivity (Wildman–Crippen MR) is 82.0 cm³/mol. The number of amides is 2. The van der Waals surface area contributed by atoms with Gasteiger partial charge in [-0.15, -0.1) is 0 Å². The van der Waals surface area contributed by atoms with Gasteiger partial charge in [-0.3, -0.25) is 9.59 Å². The van der Waals surface area contributed by atoms with Gasteiger partial charge in [0.2, 0.25) is 11.8 Å². The van der Waals surface area contributed by atoms with E-state index in [9.17, 15) is 9.59 Å². The van der Waals surface area contributed by atoms with Crippen LogP contribution in [-0.2, 0) is 16.0 Å². The van der Waals surface area contributed by atoms with Crippen LogP contribution < -0.4 is 21.7 Å². The summed E-state index contributed by atoms with van der Waals surface area (Å²) in [5.74, 6) is 0.409. The van der Waals surface area contributed by atoms with Crippen molar-refractivity contribution in [2.75, 3.05) is 29.5 Å². The number of aryl methyl sites for hydroxylation is 1. The minimum Gasteiger partial charge on any atom is -0.397 e. The van der Waals surface area contributed by atoms with Crippen LogP contribution >= 0.6 is 0 Å². The number of nitrogen functional groups attached to an aromatic ring is 1. The van der Waals surface area contributed by atoms with Gasteiger partial charge in [0, 0.05) is 31.1 Å². The van der Waals surface area contributed by atoms with Crippen molar-refractivity contribution >= 4 is 28.9 Å². The van der Waals surface area contributed by atoms with Gasteiger partial charge in [0.1, 0.15) is 0 Å². The Kier molecular flexibility index (Phi) is 3.68. The molecule has 112 valence electrons. The lowest BCUT2D eigenvalue weighted by Crippen LogP contribution is -2.30. The largest absolute Gasteiger partial charge is 0.397 e. The van der Waals surface area contributed by atoms with Crippen molar-refractivity contribution < 1.29 is 9.59 Å². The van der Waals surface area contributed by atoms with E-state index in [1.165, 1.54) is 0 Å². The Hall–Kier alpha value is -2.24. The van der Waals surface area contributed by atoms with Crippen LogP contribution in [0.1, 0.15) is 24.8 Å². The minimum absolute atomic E-state index is 0.0370. The normalized spacial score (nSPS) is 16.9. The van der Waals surface area contributed by atoms with E-state index >= 15 is 0 Å². The summed E-state index contributed by atoms with van der Waals surface area (Å²) in [5.41, 5.74) is 9.36. The fraction of sp³-hybridized carbons (Fsp3) is 0.467. The second-order valence-electron chi connectivity index (χ2n) is 5.64. The van der Waals surface area contributed by atoms with E-state index in [0.29, 0.717) is 25.2 Å². The number of carbonyl (C=O) groups excluding carboxylic acids is 2. The maximum atomic E-state index is 11.5. The van der Waals surface area contributed by atoms with Gasteiger partial charge in [-0.1, -0.05) is 0 Å². The number of benzene rings is 1. The van der Waals surface area contributed by atoms with Crippen molar-refractivity contribution in [3.63, 3.8) is 0 Å². The highest BCUT2D eigenvalue weighted by molar-refractivity contribution is 5.95. The molecule has 2 amide bonds. The van der Waals surface area contributed by atoms with Crippen molar-refractivity contribution in [3.05, 3.63) is 17.7 Å². The second kappa shape index (κ2) is 5.63. The molecule has 1 saturated carbocycles. The predicted octanol–water partition coefficient (Wildman–Crippen LogP) is 1.09. The molecule has 1 fully saturated rings. The molecule has 0 spiro atoms. The highest BCUT2D eigenvalue weighted by Crippen LogP contribution is 2.31. The van der Waals surface area contributed by atoms with Crippen molar-refractivity contribution in [1.82, 2.24) is 5.32 Å². The van der Waals surface area contributed by atoms with E-state index in [1.54, 1.807) is 0 Å². The standard InChI is InChI=1S/C15H20N4O2/c16-11-7-10-3-4-14(20)19-12(10)8-13(11)17-5-6-18-15(21)9-1-2-9/h7-9,17H,1-6,16H2,(H,18,21)(H,19,20). The zero-order valence-corrected chi connectivity index (χ0v) is 11.9. The molecule has 1 aromatic carbocycles. The molecule has 1 aliphatic carbocycles. The first-order chi connectivity index (χ1) is 10.1. The van der Waals surface area contributed by atoms with E-state index < -0.39 is 0 Å². The number of hydrogen-bond acceptors (Lipinski definition) is 4. The number of anilines is 3. The summed E-state index contributed by atoms with van der Waals surface area (Å²) in [5, 5.41) is 8.95. The molecule has 2 aliphatic rings. The van der Waals surface area contributed by atoms with E-state index in [-0.39, 0.29) is 17.7 Å². The number of rotatable bonds is 5. The minimum atomic E-state index is 0.0370. The van der Waals surface area contributed by atoms with E-state index in [4.69, 9.17) is 5.73 Å². The van der Waals surface area contributed by atoms with Gasteiger partial charge in [0.25, 0.3) is 0 Å². The Balaban J connectivity index is 1.56. The van der Waals surface area contributed by atoms with Gasteiger partial charge in [-0.25, -0.2) is 0 Å². The Morgan fingerprint density at radius 3 is 2.86 bits per heavy atom. The molecule has 6 nitrogen and oxygen atoms in total. The molecular weight excluding hydrogens is 268 g/mol. The van der Waals surface area contributed by atoms with Gasteiger partial charge in [-0.2, -0.15) is 0 Å². The molecule has 0 radical (unpaired) electrons. The number of carbonyl (C=O) groups is 2. The van der Waals surface area contributed by atoms with E-state index in [2.05, 4.69) is 16.0 Å². The molecule has 1 heterocycles. The van der Waals surface area contributed by atoms with E-state index in [0.717, 1.165) is 36.2 Å². The lowest BCUT2D eigenvalue weighted by molar-refractivity contribution is -0.122. The molecule has 0 bridgehead atoms. The number of nitrogens with one attached hydrogen (secondary N) is 3. The number of fused-ring (bicyclic) bond motifs is 1. The number of nitrogens with two attached hydrogens (primary N) is 1. The Bertz CT molecular complexity index is 581. The maximum absolute atomic E-state index is 11.5. The fourth-order valence-corrected chi connectivity index (χ4v) is 2.47. The van der Waals surface area contributed by atoms with Crippen LogP contribution in [0, 0.1) is 5.92 Å². The van der Waals surface area contributed by atoms with Crippen LogP contribution in [0.4, 0.5) is 17.1 Å². The Morgan fingerprint density at radius 2 is 2.10 bits per heavy atom. The summed E-state index contributed by atoms with van der Waals surface area (Å²) in [6, 6.07) is 3.77. The van der Waals surface area contributed by atoms with Gasteiger partial charge in [0.15, 0.2) is 0 Å². The first kappa shape index (κ1) is 13.7. The molecule has 1 aromatic rings. The van der Waals surface area contributed by atoms with Crippen molar-refractivity contribution in [2.24, 2.45) is 5.92 Å². The Labute approximate surface area is 123 Å². The maximum Gasteiger partial charge on any atom is 0.224 e. The smallest absolute Gasteiger partial charge is 0.224 e. The summed E-state index contributed by atoms with van der Waals surface area (Å²) in [6.07, 6.45) is 3.25. The molecular formula is C15H20N4O2. The fourth-order valence-electron chi connectivity index (χ4n) is 2.47. The monoisotopic (exact) mass is 288 g/mol. The third-order valence-corrected chi connectivity index (χ3v) is 3.86. The van der Waals surface area contributed by atoms with Gasteiger partial charge in [-0.05, 0) is 37.0 Å². The van der Waals surface area contributed by atoms with Crippen molar-refractivity contribution in [1.29, 1.82) is 0 Å². The highest BCUT2D eigenvalue weighted by atomic mass is 16.2. The molecule has 0 unspecified atom stereocenters. The van der Waals surface area contributed by atoms with Crippen molar-refractivity contribution in [2.45, 2.75) is 25.7 Å². The van der Waals surface area contributed by atoms with Gasteiger partial charge >= 0.3 is 0 Å². The SMILES string of the molecule is Nc1cc2c(cc1NCCNC(=O)C1CC1)NC(=O)CC2. The molecule has 0 saturated heterocycles. The molecule has 3 rings (SSSR count).